The van der Waals surface area contributed by atoms with E-state index in [0.717, 1.165) is 68.6 Å². The van der Waals surface area contributed by atoms with Crippen LogP contribution in [-0.2, 0) is 4.74 Å². The summed E-state index contributed by atoms with van der Waals surface area (Å²) in [5.41, 5.74) is 2.23. The second-order valence-corrected chi connectivity index (χ2v) is 10.4. The minimum Gasteiger partial charge on any atom is -0.465 e. The van der Waals surface area contributed by atoms with Crippen LogP contribution in [0.15, 0.2) is 30.5 Å². The van der Waals surface area contributed by atoms with Crippen LogP contribution < -0.4 is 16.0 Å². The third-order valence-corrected chi connectivity index (χ3v) is 7.48. The molecule has 3 aromatic rings. The number of carboxylic acid groups (broad SMARTS) is 1. The number of aromatic nitrogens is 4. The Balaban J connectivity index is 1.45. The summed E-state index contributed by atoms with van der Waals surface area (Å²) in [6.45, 7) is 4.10. The maximum Gasteiger partial charge on any atom is 0.404 e. The summed E-state index contributed by atoms with van der Waals surface area (Å²) in [6, 6.07) is 7.73. The van der Waals surface area contributed by atoms with E-state index in [4.69, 9.17) is 31.4 Å². The molecule has 1 aliphatic heterocycles. The highest BCUT2D eigenvalue weighted by atomic mass is 35.5. The maximum absolute atomic E-state index is 10.9. The topological polar surface area (TPSA) is 126 Å². The molecule has 2 aromatic heterocycles. The second kappa shape index (κ2) is 10.5. The van der Waals surface area contributed by atoms with Crippen molar-refractivity contribution in [1.29, 1.82) is 0 Å². The number of fused-ring (bicyclic) bond motifs is 1. The van der Waals surface area contributed by atoms with Crippen molar-refractivity contribution in [2.24, 2.45) is 5.92 Å². The first kappa shape index (κ1) is 24.6. The van der Waals surface area contributed by atoms with Gasteiger partial charge in [-0.3, -0.25) is 4.57 Å². The van der Waals surface area contributed by atoms with Gasteiger partial charge in [0.15, 0.2) is 5.65 Å². The number of rotatable bonds is 7. The van der Waals surface area contributed by atoms with Gasteiger partial charge in [-0.2, -0.15) is 4.98 Å². The van der Waals surface area contributed by atoms with Gasteiger partial charge in [0.25, 0.3) is 0 Å². The van der Waals surface area contributed by atoms with Gasteiger partial charge in [-0.15, -0.1) is 0 Å². The number of nitrogens with one attached hydrogen (secondary N) is 3. The molecule has 0 spiro atoms. The van der Waals surface area contributed by atoms with Gasteiger partial charge in [-0.25, -0.2) is 14.8 Å². The molecule has 0 bridgehead atoms. The first-order chi connectivity index (χ1) is 17.4. The Morgan fingerprint density at radius 3 is 2.72 bits per heavy atom. The molecule has 1 saturated carbocycles. The lowest BCUT2D eigenvalue weighted by Crippen LogP contribution is -2.41. The summed E-state index contributed by atoms with van der Waals surface area (Å²) in [5, 5.41) is 19.1. The summed E-state index contributed by atoms with van der Waals surface area (Å²) >= 11 is 6.22. The first-order valence-electron chi connectivity index (χ1n) is 12.5. The lowest BCUT2D eigenvalue weighted by atomic mass is 9.86. The van der Waals surface area contributed by atoms with Gasteiger partial charge in [0, 0.05) is 42.0 Å². The van der Waals surface area contributed by atoms with Gasteiger partial charge < -0.3 is 25.8 Å². The van der Waals surface area contributed by atoms with Crippen LogP contribution in [0.1, 0.15) is 51.5 Å². The fourth-order valence-electron chi connectivity index (χ4n) is 5.14. The first-order valence-corrected chi connectivity index (χ1v) is 12.9. The standard InChI is InChI=1S/C25H32ClN7O3/c1-25(9-11-36-12-10-25)32-22-27-15-20-21(31-22)33(19-7-5-16(6-8-19)14-28-24(34)35)23(30-20)29-18-4-2-3-17(26)13-18/h2-4,13,15-16,19,28H,5-12,14H2,1H3,(H,29,30)(H,34,35)(H,27,31,32)/t16-,19+. The van der Waals surface area contributed by atoms with E-state index < -0.39 is 6.09 Å². The van der Waals surface area contributed by atoms with Crippen molar-refractivity contribution in [1.82, 2.24) is 24.8 Å². The molecule has 3 heterocycles. The minimum atomic E-state index is -0.972. The van der Waals surface area contributed by atoms with Crippen LogP contribution in [-0.4, -0.2) is 56.0 Å². The Labute approximate surface area is 214 Å². The predicted octanol–water partition coefficient (Wildman–Crippen LogP) is 5.20. The van der Waals surface area contributed by atoms with Crippen LogP contribution in [0.5, 0.6) is 0 Å². The summed E-state index contributed by atoms with van der Waals surface area (Å²) in [6.07, 6.45) is 6.25. The molecule has 4 N–H and O–H groups in total. The van der Waals surface area contributed by atoms with Crippen LogP contribution in [0.2, 0.25) is 5.02 Å². The summed E-state index contributed by atoms with van der Waals surface area (Å²) in [5.74, 6) is 1.61. The van der Waals surface area contributed by atoms with Gasteiger partial charge in [0.2, 0.25) is 11.9 Å². The third kappa shape index (κ3) is 5.65. The molecule has 1 saturated heterocycles. The molecule has 1 amide bonds. The molecule has 10 nitrogen and oxygen atoms in total. The van der Waals surface area contributed by atoms with Crippen molar-refractivity contribution in [2.75, 3.05) is 30.4 Å². The zero-order valence-corrected chi connectivity index (χ0v) is 21.1. The largest absolute Gasteiger partial charge is 0.465 e. The monoisotopic (exact) mass is 513 g/mol. The SMILES string of the molecule is CC1(Nc2ncc3nc(Nc4cccc(Cl)c4)n([C@H]4CC[C@@H](CNC(=O)O)CC4)c3n2)CCOCC1. The number of anilines is 3. The van der Waals surface area contributed by atoms with Gasteiger partial charge in [0.05, 0.1) is 6.20 Å². The van der Waals surface area contributed by atoms with E-state index >= 15 is 0 Å². The van der Waals surface area contributed by atoms with E-state index in [1.54, 1.807) is 6.20 Å². The Morgan fingerprint density at radius 2 is 2.00 bits per heavy atom. The fourth-order valence-corrected chi connectivity index (χ4v) is 5.33. The van der Waals surface area contributed by atoms with Crippen molar-refractivity contribution in [3.63, 3.8) is 0 Å². The van der Waals surface area contributed by atoms with Crippen molar-refractivity contribution < 1.29 is 14.6 Å². The number of hydrogen-bond acceptors (Lipinski definition) is 7. The molecule has 2 fully saturated rings. The van der Waals surface area contributed by atoms with Gasteiger partial charge in [0.1, 0.15) is 5.52 Å². The molecule has 1 aliphatic carbocycles. The maximum atomic E-state index is 10.9. The van der Waals surface area contributed by atoms with Crippen molar-refractivity contribution in [3.05, 3.63) is 35.5 Å². The average Bonchev–Trinajstić information content (AvgIpc) is 3.20. The molecule has 1 aromatic carbocycles. The fraction of sp³-hybridized carbons (Fsp3) is 0.520. The van der Waals surface area contributed by atoms with Crippen molar-refractivity contribution >= 4 is 46.4 Å². The van der Waals surface area contributed by atoms with Crippen molar-refractivity contribution in [2.45, 2.75) is 57.0 Å². The predicted molar refractivity (Wildman–Crippen MR) is 139 cm³/mol. The highest BCUT2D eigenvalue weighted by Gasteiger charge is 2.30. The smallest absolute Gasteiger partial charge is 0.404 e. The van der Waals surface area contributed by atoms with E-state index in [1.165, 1.54) is 0 Å². The van der Waals surface area contributed by atoms with Crippen LogP contribution in [0.3, 0.4) is 0 Å². The zero-order valence-electron chi connectivity index (χ0n) is 20.3. The van der Waals surface area contributed by atoms with E-state index in [1.807, 2.05) is 24.3 Å². The Kier molecular flexibility index (Phi) is 7.15. The van der Waals surface area contributed by atoms with Gasteiger partial charge in [-0.05, 0) is 69.6 Å². The van der Waals surface area contributed by atoms with Crippen molar-refractivity contribution in [3.8, 4) is 0 Å². The van der Waals surface area contributed by atoms with E-state index in [2.05, 4.69) is 32.4 Å². The highest BCUT2D eigenvalue weighted by molar-refractivity contribution is 6.30. The normalized spacial score (nSPS) is 21.7. The molecule has 2 aliphatic rings. The zero-order chi connectivity index (χ0) is 25.1. The van der Waals surface area contributed by atoms with Gasteiger partial charge >= 0.3 is 6.09 Å². The molecule has 0 radical (unpaired) electrons. The Morgan fingerprint density at radius 1 is 1.22 bits per heavy atom. The van der Waals surface area contributed by atoms with Crippen LogP contribution in [0, 0.1) is 5.92 Å². The molecule has 0 atom stereocenters. The molecule has 0 unspecified atom stereocenters. The molecule has 5 rings (SSSR count). The summed E-state index contributed by atoms with van der Waals surface area (Å²) < 4.78 is 7.71. The van der Waals surface area contributed by atoms with Crippen LogP contribution in [0.25, 0.3) is 11.2 Å². The lowest BCUT2D eigenvalue weighted by molar-refractivity contribution is 0.0656. The number of halogens is 1. The molecule has 36 heavy (non-hydrogen) atoms. The van der Waals surface area contributed by atoms with E-state index in [9.17, 15) is 4.79 Å². The minimum absolute atomic E-state index is 0.117. The number of benzene rings is 1. The number of ether oxygens (including phenoxy) is 1. The molecule has 192 valence electrons. The summed E-state index contributed by atoms with van der Waals surface area (Å²) in [4.78, 5) is 25.3. The van der Waals surface area contributed by atoms with E-state index in [0.29, 0.717) is 29.4 Å². The van der Waals surface area contributed by atoms with Crippen LogP contribution >= 0.6 is 11.6 Å². The number of carbonyl (C=O) groups is 1. The summed E-state index contributed by atoms with van der Waals surface area (Å²) in [7, 11) is 0. The molecule has 11 heteroatoms. The highest BCUT2D eigenvalue weighted by Crippen LogP contribution is 2.37. The number of hydrogen-bond donors (Lipinski definition) is 4. The third-order valence-electron chi connectivity index (χ3n) is 7.25. The Bertz CT molecular complexity index is 1220. The quantitative estimate of drug-likeness (QED) is 0.339. The van der Waals surface area contributed by atoms with Crippen LogP contribution in [0.4, 0.5) is 22.4 Å². The number of amides is 1. The second-order valence-electron chi connectivity index (χ2n) is 10.0. The van der Waals surface area contributed by atoms with Gasteiger partial charge in [-0.1, -0.05) is 17.7 Å². The molecular formula is C25H32ClN7O3. The lowest BCUT2D eigenvalue weighted by Gasteiger charge is -2.34. The number of nitrogens with zero attached hydrogens (tertiary/aromatic N) is 4. The molecular weight excluding hydrogens is 482 g/mol. The average molecular weight is 514 g/mol. The van der Waals surface area contributed by atoms with E-state index in [-0.39, 0.29) is 11.6 Å². The number of imidazole rings is 1. The Hall–Kier alpha value is -3.11.